The molecular weight excluding hydrogens is 454 g/mol. The fraction of sp³-hybridized carbons (Fsp3) is 0.280. The van der Waals surface area contributed by atoms with E-state index in [1.165, 1.54) is 0 Å². The molecule has 1 aromatic heterocycles. The van der Waals surface area contributed by atoms with E-state index < -0.39 is 23.4 Å². The molecule has 1 atom stereocenters. The topological polar surface area (TPSA) is 96.3 Å². The van der Waals surface area contributed by atoms with Crippen LogP contribution in [0.4, 0.5) is 4.79 Å². The number of carbonyl (C=O) groups excluding carboxylic acids is 3. The van der Waals surface area contributed by atoms with E-state index in [4.69, 9.17) is 11.6 Å². The fourth-order valence-corrected chi connectivity index (χ4v) is 4.74. The molecule has 1 aliphatic heterocycles. The number of halogens is 1. The van der Waals surface area contributed by atoms with Gasteiger partial charge in [0.25, 0.3) is 11.8 Å². The van der Waals surface area contributed by atoms with Gasteiger partial charge in [-0.25, -0.2) is 9.48 Å². The summed E-state index contributed by atoms with van der Waals surface area (Å²) in [7, 11) is 0. The minimum absolute atomic E-state index is 0.223. The Morgan fingerprint density at radius 3 is 2.47 bits per heavy atom. The lowest BCUT2D eigenvalue weighted by Crippen LogP contribution is -2.48. The first-order valence-corrected chi connectivity index (χ1v) is 11.7. The first-order valence-electron chi connectivity index (χ1n) is 11.3. The predicted molar refractivity (Wildman–Crippen MR) is 126 cm³/mol. The van der Waals surface area contributed by atoms with Crippen molar-refractivity contribution >= 4 is 29.4 Å². The number of hydrazine groups is 1. The zero-order valence-electron chi connectivity index (χ0n) is 18.7. The lowest BCUT2D eigenvalue weighted by Gasteiger charge is -2.22. The summed E-state index contributed by atoms with van der Waals surface area (Å²) in [5.41, 5.74) is 4.70. The van der Waals surface area contributed by atoms with E-state index in [0.29, 0.717) is 17.0 Å². The van der Waals surface area contributed by atoms with Gasteiger partial charge in [-0.3, -0.25) is 15.0 Å². The third-order valence-corrected chi connectivity index (χ3v) is 6.72. The molecule has 0 radical (unpaired) electrons. The molecule has 1 saturated heterocycles. The molecule has 0 saturated carbocycles. The molecule has 34 heavy (non-hydrogen) atoms. The lowest BCUT2D eigenvalue weighted by molar-refractivity contribution is -0.132. The number of imide groups is 1. The van der Waals surface area contributed by atoms with Crippen molar-refractivity contribution in [2.75, 3.05) is 0 Å². The number of aromatic nitrogens is 2. The normalized spacial score (nSPS) is 20.0. The standard InChI is InChI=1S/C25H24ClN5O3/c1-25(16-8-4-2-5-9-16)23(33)31(24(34)27-25)29-22(32)21-19-10-6-3-7-11-20(19)30(28-21)18-14-12-17(26)13-15-18/h2,4-5,8-9,12-15H,3,6-7,10-11H2,1H3,(H,27,34)(H,29,32). The van der Waals surface area contributed by atoms with Gasteiger partial charge in [0.05, 0.1) is 5.69 Å². The number of nitrogens with zero attached hydrogens (tertiary/aromatic N) is 3. The van der Waals surface area contributed by atoms with Crippen molar-refractivity contribution in [2.45, 2.75) is 44.6 Å². The van der Waals surface area contributed by atoms with Gasteiger partial charge in [-0.05, 0) is 62.4 Å². The van der Waals surface area contributed by atoms with E-state index in [1.54, 1.807) is 48.0 Å². The molecule has 5 rings (SSSR count). The molecule has 1 unspecified atom stereocenters. The van der Waals surface area contributed by atoms with Crippen LogP contribution >= 0.6 is 11.6 Å². The van der Waals surface area contributed by atoms with Gasteiger partial charge in [0.1, 0.15) is 5.54 Å². The SMILES string of the molecule is CC1(c2ccccc2)NC(=O)N(NC(=O)c2nn(-c3ccc(Cl)cc3)c3c2CCCCC3)C1=O. The zero-order chi connectivity index (χ0) is 23.9. The number of fused-ring (bicyclic) bond motifs is 1. The molecule has 8 nitrogen and oxygen atoms in total. The highest BCUT2D eigenvalue weighted by Crippen LogP contribution is 2.29. The number of rotatable bonds is 4. The first-order chi connectivity index (χ1) is 16.4. The Morgan fingerprint density at radius 1 is 1.03 bits per heavy atom. The molecule has 2 N–H and O–H groups in total. The molecular formula is C25H24ClN5O3. The minimum Gasteiger partial charge on any atom is -0.318 e. The number of amides is 4. The molecule has 0 bridgehead atoms. The second kappa shape index (κ2) is 8.61. The number of benzene rings is 2. The van der Waals surface area contributed by atoms with E-state index in [9.17, 15) is 14.4 Å². The molecule has 2 aromatic carbocycles. The highest BCUT2D eigenvalue weighted by molar-refractivity contribution is 6.30. The first kappa shape index (κ1) is 22.2. The van der Waals surface area contributed by atoms with Crippen LogP contribution in [0.1, 0.15) is 53.5 Å². The quantitative estimate of drug-likeness (QED) is 0.440. The number of hydrogen-bond donors (Lipinski definition) is 2. The Balaban J connectivity index is 1.47. The van der Waals surface area contributed by atoms with Crippen LogP contribution in [0.5, 0.6) is 0 Å². The minimum atomic E-state index is -1.27. The van der Waals surface area contributed by atoms with Gasteiger partial charge in [-0.2, -0.15) is 10.1 Å². The van der Waals surface area contributed by atoms with Crippen LogP contribution < -0.4 is 10.7 Å². The van der Waals surface area contributed by atoms with Gasteiger partial charge >= 0.3 is 6.03 Å². The molecule has 3 aromatic rings. The fourth-order valence-electron chi connectivity index (χ4n) is 4.62. The molecule has 174 valence electrons. The molecule has 4 amide bonds. The lowest BCUT2D eigenvalue weighted by atomic mass is 9.92. The van der Waals surface area contributed by atoms with Crippen LogP contribution in [-0.2, 0) is 23.2 Å². The average Bonchev–Trinajstić information content (AvgIpc) is 3.17. The second-order valence-electron chi connectivity index (χ2n) is 8.73. The maximum Gasteiger partial charge on any atom is 0.344 e. The number of nitrogens with one attached hydrogen (secondary N) is 2. The van der Waals surface area contributed by atoms with Crippen LogP contribution in [0.15, 0.2) is 54.6 Å². The van der Waals surface area contributed by atoms with Crippen LogP contribution in [0, 0.1) is 0 Å². The van der Waals surface area contributed by atoms with Crippen LogP contribution in [0.3, 0.4) is 0 Å². The number of hydrogen-bond acceptors (Lipinski definition) is 4. The largest absolute Gasteiger partial charge is 0.344 e. The summed E-state index contributed by atoms with van der Waals surface area (Å²) in [6.07, 6.45) is 4.48. The summed E-state index contributed by atoms with van der Waals surface area (Å²) in [5, 5.41) is 8.67. The summed E-state index contributed by atoms with van der Waals surface area (Å²) in [6.45, 7) is 1.62. The van der Waals surface area contributed by atoms with E-state index in [2.05, 4.69) is 15.8 Å². The highest BCUT2D eigenvalue weighted by Gasteiger charge is 2.50. The van der Waals surface area contributed by atoms with Crippen LogP contribution in [-0.4, -0.2) is 32.6 Å². The van der Waals surface area contributed by atoms with Crippen molar-refractivity contribution in [3.05, 3.63) is 82.1 Å². The molecule has 1 fully saturated rings. The monoisotopic (exact) mass is 477 g/mol. The summed E-state index contributed by atoms with van der Waals surface area (Å²) < 4.78 is 1.77. The average molecular weight is 478 g/mol. The second-order valence-corrected chi connectivity index (χ2v) is 9.16. The van der Waals surface area contributed by atoms with E-state index in [1.807, 2.05) is 18.2 Å². The van der Waals surface area contributed by atoms with E-state index in [0.717, 1.165) is 47.6 Å². The Morgan fingerprint density at radius 2 is 1.74 bits per heavy atom. The third-order valence-electron chi connectivity index (χ3n) is 6.47. The third kappa shape index (κ3) is 3.74. The molecule has 0 spiro atoms. The van der Waals surface area contributed by atoms with Crippen molar-refractivity contribution in [1.82, 2.24) is 25.5 Å². The van der Waals surface area contributed by atoms with Crippen molar-refractivity contribution in [3.8, 4) is 5.69 Å². The van der Waals surface area contributed by atoms with Crippen molar-refractivity contribution in [1.29, 1.82) is 0 Å². The van der Waals surface area contributed by atoms with Gasteiger partial charge in [0, 0.05) is 16.3 Å². The van der Waals surface area contributed by atoms with Gasteiger partial charge in [-0.1, -0.05) is 48.4 Å². The van der Waals surface area contributed by atoms with Crippen LogP contribution in [0.2, 0.25) is 5.02 Å². The van der Waals surface area contributed by atoms with Gasteiger partial charge < -0.3 is 5.32 Å². The Labute approximate surface area is 201 Å². The van der Waals surface area contributed by atoms with E-state index >= 15 is 0 Å². The summed E-state index contributed by atoms with van der Waals surface area (Å²) in [5.74, 6) is -1.15. The highest BCUT2D eigenvalue weighted by atomic mass is 35.5. The predicted octanol–water partition coefficient (Wildman–Crippen LogP) is 3.91. The molecule has 9 heteroatoms. The number of carbonyl (C=O) groups is 3. The van der Waals surface area contributed by atoms with Crippen molar-refractivity contribution in [3.63, 3.8) is 0 Å². The Hall–Kier alpha value is -3.65. The maximum absolute atomic E-state index is 13.3. The summed E-state index contributed by atoms with van der Waals surface area (Å²) in [4.78, 5) is 39.2. The maximum atomic E-state index is 13.3. The smallest absolute Gasteiger partial charge is 0.318 e. The Kier molecular flexibility index (Phi) is 5.61. The molecule has 1 aliphatic carbocycles. The Bertz CT molecular complexity index is 1270. The number of urea groups is 1. The summed E-state index contributed by atoms with van der Waals surface area (Å²) in [6, 6.07) is 15.5. The van der Waals surface area contributed by atoms with Gasteiger partial charge in [0.2, 0.25) is 0 Å². The summed E-state index contributed by atoms with van der Waals surface area (Å²) >= 11 is 6.04. The van der Waals surface area contributed by atoms with Crippen LogP contribution in [0.25, 0.3) is 5.69 Å². The van der Waals surface area contributed by atoms with Crippen molar-refractivity contribution < 1.29 is 14.4 Å². The van der Waals surface area contributed by atoms with Crippen molar-refractivity contribution in [2.24, 2.45) is 0 Å². The van der Waals surface area contributed by atoms with Gasteiger partial charge in [0.15, 0.2) is 5.69 Å². The molecule has 2 aliphatic rings. The molecule has 2 heterocycles. The zero-order valence-corrected chi connectivity index (χ0v) is 19.4. The van der Waals surface area contributed by atoms with Gasteiger partial charge in [-0.15, -0.1) is 0 Å². The van der Waals surface area contributed by atoms with E-state index in [-0.39, 0.29) is 5.69 Å².